The van der Waals surface area contributed by atoms with E-state index in [4.69, 9.17) is 0 Å². The summed E-state index contributed by atoms with van der Waals surface area (Å²) in [6.45, 7) is 0. The highest BCUT2D eigenvalue weighted by atomic mass is 79.9. The van der Waals surface area contributed by atoms with E-state index < -0.39 is 0 Å². The van der Waals surface area contributed by atoms with Crippen molar-refractivity contribution in [2.24, 2.45) is 0 Å². The van der Waals surface area contributed by atoms with E-state index in [9.17, 15) is 4.39 Å². The van der Waals surface area contributed by atoms with E-state index in [2.05, 4.69) is 20.5 Å². The van der Waals surface area contributed by atoms with Crippen LogP contribution in [0.3, 0.4) is 0 Å². The van der Waals surface area contributed by atoms with Crippen molar-refractivity contribution in [3.05, 3.63) is 34.7 Å². The normalized spacial score (nSPS) is 16.4. The fraction of sp³-hybridized carbons (Fsp3) is 0.273. The zero-order valence-electron chi connectivity index (χ0n) is 7.50. The highest BCUT2D eigenvalue weighted by Crippen LogP contribution is 2.41. The Morgan fingerprint density at radius 1 is 1.29 bits per heavy atom. The van der Waals surface area contributed by atoms with E-state index in [1.165, 1.54) is 18.9 Å². The summed E-state index contributed by atoms with van der Waals surface area (Å²) in [6, 6.07) is 7.56. The Hall–Kier alpha value is -0.830. The van der Waals surface area contributed by atoms with Gasteiger partial charge in [-0.05, 0) is 53.0 Å². The van der Waals surface area contributed by atoms with Crippen LogP contribution in [0.25, 0.3) is 10.9 Å². The van der Waals surface area contributed by atoms with Crippen LogP contribution in [-0.2, 0) is 0 Å². The highest BCUT2D eigenvalue weighted by Gasteiger charge is 2.26. The molecule has 1 nitrogen and oxygen atoms in total. The first-order valence-electron chi connectivity index (χ1n) is 4.72. The Labute approximate surface area is 89.7 Å². The number of nitrogens with zero attached hydrogens (tertiary/aromatic N) is 1. The zero-order chi connectivity index (χ0) is 9.71. The molecule has 0 atom stereocenters. The molecule has 0 amide bonds. The van der Waals surface area contributed by atoms with Crippen molar-refractivity contribution in [3.63, 3.8) is 0 Å². The summed E-state index contributed by atoms with van der Waals surface area (Å²) in [6.07, 6.45) is 2.41. The molecule has 0 unspecified atom stereocenters. The van der Waals surface area contributed by atoms with Gasteiger partial charge in [0, 0.05) is 11.4 Å². The minimum atomic E-state index is -0.162. The largest absolute Gasteiger partial charge is 0.332 e. The lowest BCUT2D eigenvalue weighted by molar-refractivity contribution is 0.627. The molecule has 1 aliphatic carbocycles. The van der Waals surface area contributed by atoms with Gasteiger partial charge in [0.2, 0.25) is 0 Å². The van der Waals surface area contributed by atoms with Crippen LogP contribution >= 0.6 is 15.9 Å². The number of halogens is 2. The molecule has 1 aromatic heterocycles. The second-order valence-corrected chi connectivity index (χ2v) is 4.58. The van der Waals surface area contributed by atoms with Crippen LogP contribution in [0.15, 0.2) is 28.9 Å². The van der Waals surface area contributed by atoms with Gasteiger partial charge in [-0.15, -0.1) is 0 Å². The van der Waals surface area contributed by atoms with Gasteiger partial charge in [0.15, 0.2) is 0 Å². The van der Waals surface area contributed by atoms with E-state index in [-0.39, 0.29) is 5.82 Å². The number of hydrogen-bond donors (Lipinski definition) is 0. The number of benzene rings is 1. The van der Waals surface area contributed by atoms with Crippen LogP contribution in [0, 0.1) is 5.82 Å². The van der Waals surface area contributed by atoms with E-state index in [0.29, 0.717) is 6.04 Å². The van der Waals surface area contributed by atoms with E-state index in [1.54, 1.807) is 6.07 Å². The average Bonchev–Trinajstić information content (AvgIpc) is 2.90. The van der Waals surface area contributed by atoms with Crippen LogP contribution in [0.5, 0.6) is 0 Å². The van der Waals surface area contributed by atoms with Crippen molar-refractivity contribution in [1.29, 1.82) is 0 Å². The Bertz CT molecular complexity index is 499. The first-order chi connectivity index (χ1) is 6.75. The average molecular weight is 254 g/mol. The fourth-order valence-electron chi connectivity index (χ4n) is 1.86. The molecule has 72 valence electrons. The Balaban J connectivity index is 2.34. The predicted molar refractivity (Wildman–Crippen MR) is 57.9 cm³/mol. The van der Waals surface area contributed by atoms with Gasteiger partial charge in [-0.2, -0.15) is 0 Å². The summed E-state index contributed by atoms with van der Waals surface area (Å²) >= 11 is 3.52. The van der Waals surface area contributed by atoms with Crippen molar-refractivity contribution in [2.45, 2.75) is 18.9 Å². The van der Waals surface area contributed by atoms with E-state index >= 15 is 0 Å². The second-order valence-electron chi connectivity index (χ2n) is 3.77. The van der Waals surface area contributed by atoms with Crippen LogP contribution < -0.4 is 0 Å². The third-order valence-electron chi connectivity index (χ3n) is 2.67. The van der Waals surface area contributed by atoms with Gasteiger partial charge in [0.05, 0.1) is 10.1 Å². The Morgan fingerprint density at radius 2 is 2.07 bits per heavy atom. The molecule has 1 aromatic carbocycles. The molecule has 0 bridgehead atoms. The van der Waals surface area contributed by atoms with Crippen LogP contribution in [0.1, 0.15) is 18.9 Å². The summed E-state index contributed by atoms with van der Waals surface area (Å²) in [5.41, 5.74) is 0.999. The molecule has 0 saturated heterocycles. The number of aromatic nitrogens is 1. The van der Waals surface area contributed by atoms with Crippen molar-refractivity contribution in [3.8, 4) is 0 Å². The molecule has 1 saturated carbocycles. The third-order valence-corrected chi connectivity index (χ3v) is 3.28. The monoisotopic (exact) mass is 253 g/mol. The Morgan fingerprint density at radius 3 is 2.79 bits per heavy atom. The Kier molecular flexibility index (Phi) is 1.71. The van der Waals surface area contributed by atoms with E-state index in [1.807, 2.05) is 12.1 Å². The van der Waals surface area contributed by atoms with Gasteiger partial charge in [0.1, 0.15) is 5.82 Å². The molecule has 0 radical (unpaired) electrons. The highest BCUT2D eigenvalue weighted by molar-refractivity contribution is 9.10. The lowest BCUT2D eigenvalue weighted by atomic mass is 10.2. The first kappa shape index (κ1) is 8.48. The summed E-state index contributed by atoms with van der Waals surface area (Å²) in [7, 11) is 0. The minimum Gasteiger partial charge on any atom is -0.332 e. The summed E-state index contributed by atoms with van der Waals surface area (Å²) < 4.78 is 16.3. The molecule has 0 spiro atoms. The second kappa shape index (κ2) is 2.83. The molecule has 0 N–H and O–H groups in total. The maximum atomic E-state index is 13.1. The fourth-order valence-corrected chi connectivity index (χ4v) is 2.59. The molecule has 0 aliphatic heterocycles. The molecule has 3 rings (SSSR count). The van der Waals surface area contributed by atoms with Gasteiger partial charge in [-0.3, -0.25) is 0 Å². The van der Waals surface area contributed by atoms with Crippen molar-refractivity contribution in [1.82, 2.24) is 4.57 Å². The number of fused-ring (bicyclic) bond motifs is 1. The predicted octanol–water partition coefficient (Wildman–Crippen LogP) is 3.88. The number of hydrogen-bond acceptors (Lipinski definition) is 0. The number of rotatable bonds is 1. The summed E-state index contributed by atoms with van der Waals surface area (Å²) in [5, 5.41) is 1.10. The molecular formula is C11H9BrFN. The third kappa shape index (κ3) is 1.19. The van der Waals surface area contributed by atoms with Crippen molar-refractivity contribution in [2.75, 3.05) is 0 Å². The topological polar surface area (TPSA) is 4.93 Å². The summed E-state index contributed by atoms with van der Waals surface area (Å²) in [4.78, 5) is 0. The molecule has 2 aromatic rings. The van der Waals surface area contributed by atoms with Gasteiger partial charge in [0.25, 0.3) is 0 Å². The van der Waals surface area contributed by atoms with E-state index in [0.717, 1.165) is 15.5 Å². The standard InChI is InChI=1S/C11H9BrFN/c12-11-5-7-1-2-8(13)6-10(7)14(11)9-3-4-9/h1-2,5-6,9H,3-4H2. The zero-order valence-corrected chi connectivity index (χ0v) is 9.09. The molecule has 1 fully saturated rings. The molecule has 1 aliphatic rings. The van der Waals surface area contributed by atoms with Crippen LogP contribution in [0.2, 0.25) is 0 Å². The first-order valence-corrected chi connectivity index (χ1v) is 5.51. The lowest BCUT2D eigenvalue weighted by Gasteiger charge is -2.04. The lowest BCUT2D eigenvalue weighted by Crippen LogP contribution is -1.93. The molecular weight excluding hydrogens is 245 g/mol. The van der Waals surface area contributed by atoms with Gasteiger partial charge in [-0.25, -0.2) is 4.39 Å². The van der Waals surface area contributed by atoms with Gasteiger partial charge >= 0.3 is 0 Å². The van der Waals surface area contributed by atoms with Crippen molar-refractivity contribution < 1.29 is 4.39 Å². The smallest absolute Gasteiger partial charge is 0.125 e. The quantitative estimate of drug-likeness (QED) is 0.727. The maximum absolute atomic E-state index is 13.1. The van der Waals surface area contributed by atoms with Gasteiger partial charge < -0.3 is 4.57 Å². The maximum Gasteiger partial charge on any atom is 0.125 e. The minimum absolute atomic E-state index is 0.162. The van der Waals surface area contributed by atoms with Crippen LogP contribution in [0.4, 0.5) is 4.39 Å². The summed E-state index contributed by atoms with van der Waals surface area (Å²) in [5.74, 6) is -0.162. The molecule has 1 heterocycles. The SMILES string of the molecule is Fc1ccc2cc(Br)n(C3CC3)c2c1. The van der Waals surface area contributed by atoms with Crippen molar-refractivity contribution >= 4 is 26.8 Å². The molecule has 3 heteroatoms. The van der Waals surface area contributed by atoms with Gasteiger partial charge in [-0.1, -0.05) is 0 Å². The van der Waals surface area contributed by atoms with Crippen LogP contribution in [-0.4, -0.2) is 4.57 Å². The molecule has 14 heavy (non-hydrogen) atoms.